The average molecular weight is 412 g/mol. The minimum absolute atomic E-state index is 0.158. The highest BCUT2D eigenvalue weighted by atomic mass is 32.1. The predicted molar refractivity (Wildman–Crippen MR) is 105 cm³/mol. The molecule has 2 aromatic carbocycles. The number of amides is 2. The third kappa shape index (κ3) is 4.27. The van der Waals surface area contributed by atoms with Gasteiger partial charge in [-0.2, -0.15) is 0 Å². The molecule has 29 heavy (non-hydrogen) atoms. The smallest absolute Gasteiger partial charge is 0.286 e. The van der Waals surface area contributed by atoms with Crippen LogP contribution in [0.5, 0.6) is 17.2 Å². The summed E-state index contributed by atoms with van der Waals surface area (Å²) in [5.74, 6) is 1.13. The zero-order valence-electron chi connectivity index (χ0n) is 15.3. The van der Waals surface area contributed by atoms with Crippen molar-refractivity contribution in [2.24, 2.45) is 0 Å². The van der Waals surface area contributed by atoms with Crippen LogP contribution in [0.2, 0.25) is 0 Å². The van der Waals surface area contributed by atoms with Crippen molar-refractivity contribution in [1.29, 1.82) is 0 Å². The number of aromatic nitrogens is 2. The summed E-state index contributed by atoms with van der Waals surface area (Å²) in [6.45, 7) is 0.318. The van der Waals surface area contributed by atoms with Gasteiger partial charge in [0.1, 0.15) is 10.8 Å². The van der Waals surface area contributed by atoms with Crippen LogP contribution in [0.3, 0.4) is 0 Å². The fourth-order valence-corrected chi connectivity index (χ4v) is 3.27. The summed E-state index contributed by atoms with van der Waals surface area (Å²) >= 11 is 1.10. The molecular weight excluding hydrogens is 396 g/mol. The first kappa shape index (κ1) is 18.7. The highest BCUT2D eigenvalue weighted by Crippen LogP contribution is 2.34. The van der Waals surface area contributed by atoms with Crippen LogP contribution in [0, 0.1) is 0 Å². The number of hydrogen-bond acceptors (Lipinski definition) is 8. The molecule has 0 saturated heterocycles. The molecule has 1 aromatic heterocycles. The van der Waals surface area contributed by atoms with Crippen LogP contribution >= 0.6 is 11.3 Å². The van der Waals surface area contributed by atoms with Crippen LogP contribution in [-0.4, -0.2) is 35.9 Å². The Morgan fingerprint density at radius 2 is 1.97 bits per heavy atom. The van der Waals surface area contributed by atoms with E-state index < -0.39 is 5.91 Å². The molecule has 2 amide bonds. The van der Waals surface area contributed by atoms with E-state index >= 15 is 0 Å². The second kappa shape index (κ2) is 8.15. The van der Waals surface area contributed by atoms with Gasteiger partial charge < -0.3 is 24.8 Å². The minimum atomic E-state index is -0.397. The number of anilines is 1. The first-order chi connectivity index (χ1) is 14.1. The lowest BCUT2D eigenvalue weighted by atomic mass is 10.2. The average Bonchev–Trinajstić information content (AvgIpc) is 3.41. The molecule has 0 fully saturated rings. The minimum Gasteiger partial charge on any atom is -0.497 e. The van der Waals surface area contributed by atoms with E-state index in [1.54, 1.807) is 42.5 Å². The molecule has 2 heterocycles. The Morgan fingerprint density at radius 1 is 1.10 bits per heavy atom. The molecule has 3 aromatic rings. The van der Waals surface area contributed by atoms with E-state index in [1.807, 2.05) is 0 Å². The SMILES string of the molecule is COc1cccc(C(=O)NCc2nnc(C(=O)Nc3ccc4c(c3)OCO4)s2)c1. The van der Waals surface area contributed by atoms with Crippen LogP contribution in [-0.2, 0) is 6.54 Å². The number of hydrogen-bond donors (Lipinski definition) is 2. The number of carbonyl (C=O) groups excluding carboxylic acids is 2. The molecule has 1 aliphatic heterocycles. The molecule has 9 nitrogen and oxygen atoms in total. The molecule has 4 rings (SSSR count). The van der Waals surface area contributed by atoms with Crippen LogP contribution in [0.4, 0.5) is 5.69 Å². The van der Waals surface area contributed by atoms with E-state index in [0.717, 1.165) is 11.3 Å². The van der Waals surface area contributed by atoms with Crippen molar-refractivity contribution in [3.63, 3.8) is 0 Å². The fraction of sp³-hybridized carbons (Fsp3) is 0.158. The monoisotopic (exact) mass is 412 g/mol. The number of fused-ring (bicyclic) bond motifs is 1. The zero-order chi connectivity index (χ0) is 20.2. The van der Waals surface area contributed by atoms with Gasteiger partial charge >= 0.3 is 0 Å². The maximum atomic E-state index is 12.4. The number of methoxy groups -OCH3 is 1. The van der Waals surface area contributed by atoms with Gasteiger partial charge in [0, 0.05) is 17.3 Å². The molecule has 0 unspecified atom stereocenters. The Hall–Kier alpha value is -3.66. The van der Waals surface area contributed by atoms with Crippen molar-refractivity contribution in [1.82, 2.24) is 15.5 Å². The number of nitrogens with one attached hydrogen (secondary N) is 2. The summed E-state index contributed by atoms with van der Waals surface area (Å²) in [4.78, 5) is 24.6. The molecule has 2 N–H and O–H groups in total. The fourth-order valence-electron chi connectivity index (χ4n) is 2.60. The summed E-state index contributed by atoms with van der Waals surface area (Å²) in [5.41, 5.74) is 1.02. The van der Waals surface area contributed by atoms with Gasteiger partial charge in [-0.15, -0.1) is 10.2 Å². The number of nitrogens with zero attached hydrogens (tertiary/aromatic N) is 2. The zero-order valence-corrected chi connectivity index (χ0v) is 16.1. The van der Waals surface area contributed by atoms with E-state index in [-0.39, 0.29) is 24.3 Å². The van der Waals surface area contributed by atoms with Gasteiger partial charge in [0.05, 0.1) is 13.7 Å². The van der Waals surface area contributed by atoms with Gasteiger partial charge in [-0.05, 0) is 30.3 Å². The van der Waals surface area contributed by atoms with Gasteiger partial charge in [0.15, 0.2) is 11.5 Å². The molecule has 1 aliphatic rings. The first-order valence-corrected chi connectivity index (χ1v) is 9.39. The third-order valence-electron chi connectivity index (χ3n) is 4.02. The largest absolute Gasteiger partial charge is 0.497 e. The Balaban J connectivity index is 1.35. The molecule has 10 heteroatoms. The molecule has 0 atom stereocenters. The van der Waals surface area contributed by atoms with Gasteiger partial charge in [0.2, 0.25) is 11.8 Å². The Labute approximate surface area is 169 Å². The molecule has 0 radical (unpaired) electrons. The van der Waals surface area contributed by atoms with Crippen molar-refractivity contribution in [3.05, 3.63) is 58.0 Å². The van der Waals surface area contributed by atoms with Crippen LogP contribution in [0.15, 0.2) is 42.5 Å². The Morgan fingerprint density at radius 3 is 2.83 bits per heavy atom. The predicted octanol–water partition coefficient (Wildman–Crippen LogP) is 2.46. The molecule has 0 aliphatic carbocycles. The lowest BCUT2D eigenvalue weighted by Gasteiger charge is -2.05. The lowest BCUT2D eigenvalue weighted by molar-refractivity contribution is 0.0949. The number of benzene rings is 2. The number of carbonyl (C=O) groups is 2. The second-order valence-corrected chi connectivity index (χ2v) is 7.00. The summed E-state index contributed by atoms with van der Waals surface area (Å²) in [6.07, 6.45) is 0. The summed E-state index contributed by atoms with van der Waals surface area (Å²) < 4.78 is 15.6. The molecule has 0 bridgehead atoms. The van der Waals surface area contributed by atoms with Crippen molar-refractivity contribution < 1.29 is 23.8 Å². The standard InChI is InChI=1S/C19H16N4O5S/c1-26-13-4-2-3-11(7-13)17(24)20-9-16-22-23-19(29-16)18(25)21-12-5-6-14-15(8-12)28-10-27-14/h2-8H,9-10H2,1H3,(H,20,24)(H,21,25). The molecule has 148 valence electrons. The molecular formula is C19H16N4O5S. The van der Waals surface area contributed by atoms with Crippen molar-refractivity contribution >= 4 is 28.8 Å². The quantitative estimate of drug-likeness (QED) is 0.640. The lowest BCUT2D eigenvalue weighted by Crippen LogP contribution is -2.22. The van der Waals surface area contributed by atoms with Crippen molar-refractivity contribution in [3.8, 4) is 17.2 Å². The van der Waals surface area contributed by atoms with E-state index in [0.29, 0.717) is 33.5 Å². The first-order valence-electron chi connectivity index (χ1n) is 8.58. The third-order valence-corrected chi connectivity index (χ3v) is 4.95. The Bertz CT molecular complexity index is 1070. The highest BCUT2D eigenvalue weighted by molar-refractivity contribution is 7.13. The second-order valence-electron chi connectivity index (χ2n) is 5.94. The van der Waals surface area contributed by atoms with Crippen LogP contribution in [0.25, 0.3) is 0 Å². The van der Waals surface area contributed by atoms with Crippen LogP contribution in [0.1, 0.15) is 25.2 Å². The van der Waals surface area contributed by atoms with Crippen molar-refractivity contribution in [2.45, 2.75) is 6.54 Å². The van der Waals surface area contributed by atoms with E-state index in [9.17, 15) is 9.59 Å². The van der Waals surface area contributed by atoms with E-state index in [2.05, 4.69) is 20.8 Å². The summed E-state index contributed by atoms with van der Waals surface area (Å²) in [7, 11) is 1.54. The summed E-state index contributed by atoms with van der Waals surface area (Å²) in [6, 6.07) is 11.9. The maximum absolute atomic E-state index is 12.4. The van der Waals surface area contributed by atoms with Crippen LogP contribution < -0.4 is 24.8 Å². The highest BCUT2D eigenvalue weighted by Gasteiger charge is 2.17. The van der Waals surface area contributed by atoms with Gasteiger partial charge in [-0.1, -0.05) is 17.4 Å². The Kier molecular flexibility index (Phi) is 5.25. The molecule has 0 saturated carbocycles. The topological polar surface area (TPSA) is 112 Å². The van der Waals surface area contributed by atoms with E-state index in [4.69, 9.17) is 14.2 Å². The number of rotatable bonds is 6. The molecule has 0 spiro atoms. The van der Waals surface area contributed by atoms with Gasteiger partial charge in [0.25, 0.3) is 11.8 Å². The van der Waals surface area contributed by atoms with E-state index in [1.165, 1.54) is 7.11 Å². The number of ether oxygens (including phenoxy) is 3. The normalized spacial score (nSPS) is 11.8. The van der Waals surface area contributed by atoms with Gasteiger partial charge in [-0.25, -0.2) is 0 Å². The summed E-state index contributed by atoms with van der Waals surface area (Å²) in [5, 5.41) is 14.0. The van der Waals surface area contributed by atoms with Gasteiger partial charge in [-0.3, -0.25) is 9.59 Å². The van der Waals surface area contributed by atoms with Crippen molar-refractivity contribution in [2.75, 3.05) is 19.2 Å². The maximum Gasteiger partial charge on any atom is 0.286 e.